The molecule has 1 amide bonds. The predicted octanol–water partition coefficient (Wildman–Crippen LogP) is 1.39. The van der Waals surface area contributed by atoms with E-state index in [4.69, 9.17) is 0 Å². The van der Waals surface area contributed by atoms with Crippen molar-refractivity contribution in [1.82, 2.24) is 10.2 Å². The van der Waals surface area contributed by atoms with Crippen LogP contribution in [0.1, 0.15) is 40.5 Å². The van der Waals surface area contributed by atoms with Crippen molar-refractivity contribution in [1.29, 1.82) is 0 Å². The molecule has 2 aliphatic rings. The van der Waals surface area contributed by atoms with Crippen LogP contribution in [0.2, 0.25) is 0 Å². The van der Waals surface area contributed by atoms with Gasteiger partial charge in [0.15, 0.2) is 0 Å². The zero-order valence-corrected chi connectivity index (χ0v) is 10.3. The summed E-state index contributed by atoms with van der Waals surface area (Å²) in [5, 5.41) is 3.38. The highest BCUT2D eigenvalue weighted by molar-refractivity contribution is 5.86. The van der Waals surface area contributed by atoms with Gasteiger partial charge in [-0.2, -0.15) is 0 Å². The Hall–Kier alpha value is -0.570. The molecule has 0 spiro atoms. The second-order valence-electron chi connectivity index (χ2n) is 6.31. The number of carbonyl (C=O) groups excluding carboxylic acids is 1. The van der Waals surface area contributed by atoms with Crippen LogP contribution in [0.25, 0.3) is 0 Å². The maximum absolute atomic E-state index is 12.3. The molecule has 1 heterocycles. The van der Waals surface area contributed by atoms with Crippen LogP contribution in [0.5, 0.6) is 0 Å². The summed E-state index contributed by atoms with van der Waals surface area (Å²) in [4.78, 5) is 14.4. The van der Waals surface area contributed by atoms with E-state index in [-0.39, 0.29) is 11.3 Å². The summed E-state index contributed by atoms with van der Waals surface area (Å²) in [6.45, 7) is 10.2. The molecule has 2 fully saturated rings. The minimum Gasteiger partial charge on any atom is -0.338 e. The Morgan fingerprint density at radius 1 is 1.27 bits per heavy atom. The monoisotopic (exact) mass is 210 g/mol. The quantitative estimate of drug-likeness (QED) is 0.709. The van der Waals surface area contributed by atoms with Crippen LogP contribution in [0, 0.1) is 5.41 Å². The predicted molar refractivity (Wildman–Crippen MR) is 60.6 cm³/mol. The molecule has 86 valence electrons. The van der Waals surface area contributed by atoms with Gasteiger partial charge in [-0.1, -0.05) is 13.8 Å². The van der Waals surface area contributed by atoms with E-state index in [0.29, 0.717) is 6.04 Å². The topological polar surface area (TPSA) is 32.3 Å². The Morgan fingerprint density at radius 2 is 1.87 bits per heavy atom. The summed E-state index contributed by atoms with van der Waals surface area (Å²) < 4.78 is 0. The molecule has 3 heteroatoms. The average Bonchev–Trinajstić information content (AvgIpc) is 2.92. The highest BCUT2D eigenvalue weighted by Crippen LogP contribution is 2.33. The maximum atomic E-state index is 12.3. The average molecular weight is 210 g/mol. The largest absolute Gasteiger partial charge is 0.338 e. The van der Waals surface area contributed by atoms with E-state index >= 15 is 0 Å². The summed E-state index contributed by atoms with van der Waals surface area (Å²) >= 11 is 0. The molecule has 0 bridgehead atoms. The first-order chi connectivity index (χ1) is 6.82. The molecule has 1 aliphatic heterocycles. The Balaban J connectivity index is 2.22. The summed E-state index contributed by atoms with van der Waals surface area (Å²) in [6.07, 6.45) is 2.38. The van der Waals surface area contributed by atoms with Crippen LogP contribution >= 0.6 is 0 Å². The van der Waals surface area contributed by atoms with Gasteiger partial charge in [-0.25, -0.2) is 0 Å². The van der Waals surface area contributed by atoms with Crippen LogP contribution in [-0.4, -0.2) is 35.5 Å². The third-order valence-corrected chi connectivity index (χ3v) is 3.39. The van der Waals surface area contributed by atoms with Crippen LogP contribution in [0.15, 0.2) is 0 Å². The van der Waals surface area contributed by atoms with Crippen LogP contribution < -0.4 is 5.32 Å². The van der Waals surface area contributed by atoms with Gasteiger partial charge in [0, 0.05) is 19.1 Å². The summed E-state index contributed by atoms with van der Waals surface area (Å²) in [5.41, 5.74) is -0.206. The number of nitrogens with one attached hydrogen (secondary N) is 1. The molecule has 3 nitrogen and oxygen atoms in total. The lowest BCUT2D eigenvalue weighted by molar-refractivity contribution is -0.137. The zero-order valence-electron chi connectivity index (χ0n) is 10.3. The number of nitrogens with zero attached hydrogens (tertiary/aromatic N) is 1. The van der Waals surface area contributed by atoms with Gasteiger partial charge < -0.3 is 10.2 Å². The van der Waals surface area contributed by atoms with Crippen molar-refractivity contribution >= 4 is 5.91 Å². The standard InChI is InChI=1S/C12H22N2O/c1-11(2)7-13-12(3,4)10(15)14(8-11)9-5-6-9/h9,13H,5-8H2,1-4H3. The normalized spacial score (nSPS) is 30.1. The van der Waals surface area contributed by atoms with E-state index in [1.165, 1.54) is 12.8 Å². The lowest BCUT2D eigenvalue weighted by Gasteiger charge is -2.30. The minimum atomic E-state index is -0.392. The van der Waals surface area contributed by atoms with Crippen LogP contribution in [-0.2, 0) is 4.79 Å². The molecule has 0 aromatic carbocycles. The molecular weight excluding hydrogens is 188 g/mol. The van der Waals surface area contributed by atoms with E-state index in [0.717, 1.165) is 13.1 Å². The van der Waals surface area contributed by atoms with E-state index in [9.17, 15) is 4.79 Å². The highest BCUT2D eigenvalue weighted by Gasteiger charge is 2.44. The van der Waals surface area contributed by atoms with Crippen LogP contribution in [0.4, 0.5) is 0 Å². The minimum absolute atomic E-state index is 0.187. The second-order valence-corrected chi connectivity index (χ2v) is 6.31. The molecule has 0 atom stereocenters. The van der Waals surface area contributed by atoms with E-state index in [1.54, 1.807) is 0 Å². The summed E-state index contributed by atoms with van der Waals surface area (Å²) in [5.74, 6) is 0.274. The van der Waals surface area contributed by atoms with Gasteiger partial charge in [0.1, 0.15) is 0 Å². The van der Waals surface area contributed by atoms with Crippen LogP contribution in [0.3, 0.4) is 0 Å². The SMILES string of the molecule is CC1(C)CNC(C)(C)C(=O)N(C2CC2)C1. The first-order valence-corrected chi connectivity index (χ1v) is 5.88. The van der Waals surface area contributed by atoms with E-state index in [2.05, 4.69) is 24.1 Å². The van der Waals surface area contributed by atoms with Gasteiger partial charge in [0.2, 0.25) is 5.91 Å². The smallest absolute Gasteiger partial charge is 0.242 e. The summed E-state index contributed by atoms with van der Waals surface area (Å²) in [7, 11) is 0. The van der Waals surface area contributed by atoms with Gasteiger partial charge >= 0.3 is 0 Å². The number of amides is 1. The number of hydrogen-bond donors (Lipinski definition) is 1. The lowest BCUT2D eigenvalue weighted by atomic mass is 9.93. The Kier molecular flexibility index (Phi) is 2.34. The molecule has 2 rings (SSSR count). The molecule has 1 saturated heterocycles. The fourth-order valence-electron chi connectivity index (χ4n) is 2.16. The molecule has 15 heavy (non-hydrogen) atoms. The van der Waals surface area contributed by atoms with Crippen molar-refractivity contribution in [3.63, 3.8) is 0 Å². The second kappa shape index (κ2) is 3.21. The van der Waals surface area contributed by atoms with Gasteiger partial charge in [-0.05, 0) is 32.1 Å². The Morgan fingerprint density at radius 3 is 2.40 bits per heavy atom. The number of carbonyl (C=O) groups is 1. The van der Waals surface area contributed by atoms with Crippen molar-refractivity contribution in [2.24, 2.45) is 5.41 Å². The molecule has 1 aliphatic carbocycles. The van der Waals surface area contributed by atoms with Gasteiger partial charge in [0.05, 0.1) is 5.54 Å². The third-order valence-electron chi connectivity index (χ3n) is 3.39. The number of rotatable bonds is 1. The molecular formula is C12H22N2O. The van der Waals surface area contributed by atoms with E-state index < -0.39 is 5.54 Å². The molecule has 0 radical (unpaired) electrons. The maximum Gasteiger partial charge on any atom is 0.242 e. The summed E-state index contributed by atoms with van der Waals surface area (Å²) in [6, 6.07) is 0.524. The van der Waals surface area contributed by atoms with Crippen molar-refractivity contribution < 1.29 is 4.79 Å². The fourth-order valence-corrected chi connectivity index (χ4v) is 2.16. The molecule has 0 aromatic rings. The van der Waals surface area contributed by atoms with Gasteiger partial charge in [-0.15, -0.1) is 0 Å². The molecule has 0 unspecified atom stereocenters. The van der Waals surface area contributed by atoms with E-state index in [1.807, 2.05) is 13.8 Å². The molecule has 1 saturated carbocycles. The Bertz CT molecular complexity index is 279. The zero-order chi connectivity index (χ0) is 11.3. The van der Waals surface area contributed by atoms with Crippen molar-refractivity contribution in [3.05, 3.63) is 0 Å². The highest BCUT2D eigenvalue weighted by atomic mass is 16.2. The first-order valence-electron chi connectivity index (χ1n) is 5.88. The molecule has 0 aromatic heterocycles. The van der Waals surface area contributed by atoms with Crippen molar-refractivity contribution in [2.75, 3.05) is 13.1 Å². The van der Waals surface area contributed by atoms with Gasteiger partial charge in [0.25, 0.3) is 0 Å². The Labute approximate surface area is 92.2 Å². The number of hydrogen-bond acceptors (Lipinski definition) is 2. The third kappa shape index (κ3) is 2.17. The van der Waals surface area contributed by atoms with Crippen molar-refractivity contribution in [2.45, 2.75) is 52.1 Å². The lowest BCUT2D eigenvalue weighted by Crippen LogP contribution is -2.52. The van der Waals surface area contributed by atoms with Crippen molar-refractivity contribution in [3.8, 4) is 0 Å². The first kappa shape index (κ1) is 10.9. The van der Waals surface area contributed by atoms with Gasteiger partial charge in [-0.3, -0.25) is 4.79 Å². The molecule has 1 N–H and O–H groups in total. The fraction of sp³-hybridized carbons (Fsp3) is 0.917.